The highest BCUT2D eigenvalue weighted by Crippen LogP contribution is 2.22. The molecular formula is C14H13BF3O-. The van der Waals surface area contributed by atoms with Crippen molar-refractivity contribution < 1.29 is 17.7 Å². The summed E-state index contributed by atoms with van der Waals surface area (Å²) >= 11 is 0. The molecule has 0 aliphatic rings. The summed E-state index contributed by atoms with van der Waals surface area (Å²) in [4.78, 5) is 0. The number of halogens is 3. The molecule has 0 bridgehead atoms. The first-order chi connectivity index (χ1) is 8.90. The van der Waals surface area contributed by atoms with Crippen molar-refractivity contribution in [1.29, 1.82) is 0 Å². The van der Waals surface area contributed by atoms with Crippen molar-refractivity contribution in [3.05, 3.63) is 49.1 Å². The van der Waals surface area contributed by atoms with Gasteiger partial charge in [-0.15, -0.1) is 5.46 Å². The van der Waals surface area contributed by atoms with E-state index in [2.05, 4.69) is 6.58 Å². The average Bonchev–Trinajstić information content (AvgIpc) is 2.36. The van der Waals surface area contributed by atoms with Crippen molar-refractivity contribution in [2.75, 3.05) is 0 Å². The van der Waals surface area contributed by atoms with Crippen LogP contribution in [-0.4, -0.2) is 13.1 Å². The monoisotopic (exact) mass is 265 g/mol. The van der Waals surface area contributed by atoms with Gasteiger partial charge < -0.3 is 17.7 Å². The highest BCUT2D eigenvalue weighted by Gasteiger charge is 2.25. The zero-order chi connectivity index (χ0) is 14.0. The maximum Gasteiger partial charge on any atom is 0.509 e. The smallest absolute Gasteiger partial charge is 0.487 e. The summed E-state index contributed by atoms with van der Waals surface area (Å²) in [6.45, 7) is 0.491. The van der Waals surface area contributed by atoms with Crippen LogP contribution < -0.4 is 10.2 Å². The number of hydrogen-bond donors (Lipinski definition) is 0. The molecule has 0 aliphatic heterocycles. The molecule has 1 atom stereocenters. The minimum absolute atomic E-state index is 0.143. The highest BCUT2D eigenvalue weighted by atomic mass is 19.4. The van der Waals surface area contributed by atoms with Crippen LogP contribution in [0.4, 0.5) is 12.9 Å². The molecule has 0 saturated carbocycles. The van der Waals surface area contributed by atoms with Crippen molar-refractivity contribution in [2.24, 2.45) is 0 Å². The van der Waals surface area contributed by atoms with E-state index in [1.165, 1.54) is 6.07 Å². The van der Waals surface area contributed by atoms with Gasteiger partial charge in [0, 0.05) is 0 Å². The minimum Gasteiger partial charge on any atom is -0.487 e. The summed E-state index contributed by atoms with van der Waals surface area (Å²) in [5, 5.41) is 1.27. The molecule has 1 nitrogen and oxygen atoms in total. The number of ether oxygens (including phenoxy) is 1. The number of fused-ring (bicyclic) bond motifs is 1. The van der Waals surface area contributed by atoms with Gasteiger partial charge in [0.05, 0.1) is 0 Å². The van der Waals surface area contributed by atoms with E-state index in [9.17, 15) is 12.9 Å². The zero-order valence-corrected chi connectivity index (χ0v) is 10.4. The normalized spacial score (nSPS) is 13.3. The van der Waals surface area contributed by atoms with Crippen molar-refractivity contribution in [2.45, 2.75) is 13.0 Å². The van der Waals surface area contributed by atoms with Crippen LogP contribution >= 0.6 is 0 Å². The maximum atomic E-state index is 12.6. The largest absolute Gasteiger partial charge is 0.509 e. The molecule has 1 unspecified atom stereocenters. The Labute approximate surface area is 109 Å². The van der Waals surface area contributed by atoms with Gasteiger partial charge in [-0.1, -0.05) is 36.9 Å². The van der Waals surface area contributed by atoms with E-state index >= 15 is 0 Å². The number of rotatable bonds is 4. The SMILES string of the molecule is C=CC(C)Oc1ccc2cc([B-](F)(F)F)ccc2c1. The van der Waals surface area contributed by atoms with E-state index in [1.54, 1.807) is 24.3 Å². The van der Waals surface area contributed by atoms with Gasteiger partial charge in [-0.25, -0.2) is 0 Å². The molecule has 0 fully saturated rings. The quantitative estimate of drug-likeness (QED) is 0.602. The summed E-state index contributed by atoms with van der Waals surface area (Å²) in [6, 6.07) is 8.74. The fourth-order valence-electron chi connectivity index (χ4n) is 1.78. The third-order valence-electron chi connectivity index (χ3n) is 2.87. The van der Waals surface area contributed by atoms with Gasteiger partial charge in [0.1, 0.15) is 11.9 Å². The zero-order valence-electron chi connectivity index (χ0n) is 10.4. The first kappa shape index (κ1) is 13.5. The molecule has 2 aromatic carbocycles. The first-order valence-corrected chi connectivity index (χ1v) is 5.93. The second kappa shape index (κ2) is 5.00. The molecule has 0 radical (unpaired) electrons. The summed E-state index contributed by atoms with van der Waals surface area (Å²) in [5.41, 5.74) is -0.583. The molecule has 0 spiro atoms. The van der Waals surface area contributed by atoms with Crippen LogP contribution in [0, 0.1) is 0 Å². The van der Waals surface area contributed by atoms with Crippen LogP contribution in [0.2, 0.25) is 0 Å². The van der Waals surface area contributed by atoms with E-state index < -0.39 is 12.4 Å². The van der Waals surface area contributed by atoms with E-state index in [0.29, 0.717) is 11.1 Å². The Hall–Kier alpha value is -1.91. The molecule has 2 rings (SSSR count). The molecule has 0 N–H and O–H groups in total. The molecule has 5 heteroatoms. The topological polar surface area (TPSA) is 9.23 Å². The summed E-state index contributed by atoms with van der Waals surface area (Å²) in [5.74, 6) is 0.616. The Morgan fingerprint density at radius 1 is 1.11 bits per heavy atom. The van der Waals surface area contributed by atoms with Crippen LogP contribution in [0.3, 0.4) is 0 Å². The Bertz CT molecular complexity index is 607. The second-order valence-corrected chi connectivity index (χ2v) is 4.40. The molecule has 19 heavy (non-hydrogen) atoms. The second-order valence-electron chi connectivity index (χ2n) is 4.40. The fourth-order valence-corrected chi connectivity index (χ4v) is 1.78. The third-order valence-corrected chi connectivity index (χ3v) is 2.87. The molecule has 100 valence electrons. The maximum absolute atomic E-state index is 12.6. The lowest BCUT2D eigenvalue weighted by molar-refractivity contribution is 0.270. The standard InChI is InChI=1S/C14H13BF3O/c1-3-10(2)19-14-7-5-11-8-13(15(16,17)18)6-4-12(11)9-14/h3-10H,1H2,2H3/q-1. The number of benzene rings is 2. The van der Waals surface area contributed by atoms with E-state index in [0.717, 1.165) is 17.5 Å². The lowest BCUT2D eigenvalue weighted by atomic mass is 9.79. The van der Waals surface area contributed by atoms with Gasteiger partial charge in [0.15, 0.2) is 0 Å². The summed E-state index contributed by atoms with van der Waals surface area (Å²) in [7, 11) is 0. The molecule has 0 aliphatic carbocycles. The molecule has 0 saturated heterocycles. The van der Waals surface area contributed by atoms with Crippen molar-refractivity contribution in [1.82, 2.24) is 0 Å². The van der Waals surface area contributed by atoms with Crippen molar-refractivity contribution in [3.8, 4) is 5.75 Å². The Balaban J connectivity index is 2.38. The van der Waals surface area contributed by atoms with Gasteiger partial charge in [0.25, 0.3) is 0 Å². The van der Waals surface area contributed by atoms with Gasteiger partial charge in [-0.3, -0.25) is 0 Å². The van der Waals surface area contributed by atoms with Crippen LogP contribution in [0.5, 0.6) is 5.75 Å². The fraction of sp³-hybridized carbons (Fsp3) is 0.143. The Morgan fingerprint density at radius 3 is 2.37 bits per heavy atom. The molecule has 0 amide bonds. The van der Waals surface area contributed by atoms with Crippen LogP contribution in [-0.2, 0) is 0 Å². The van der Waals surface area contributed by atoms with E-state index in [1.807, 2.05) is 6.92 Å². The lowest BCUT2D eigenvalue weighted by Gasteiger charge is -2.16. The van der Waals surface area contributed by atoms with Gasteiger partial charge >= 0.3 is 6.98 Å². The summed E-state index contributed by atoms with van der Waals surface area (Å²) < 4.78 is 43.5. The predicted molar refractivity (Wildman–Crippen MR) is 72.9 cm³/mol. The molecule has 2 aromatic rings. The lowest BCUT2D eigenvalue weighted by Crippen LogP contribution is -2.33. The van der Waals surface area contributed by atoms with Gasteiger partial charge in [-0.2, -0.15) is 0 Å². The average molecular weight is 265 g/mol. The van der Waals surface area contributed by atoms with Crippen molar-refractivity contribution >= 4 is 23.2 Å². The number of hydrogen-bond acceptors (Lipinski definition) is 1. The van der Waals surface area contributed by atoms with Crippen molar-refractivity contribution in [3.63, 3.8) is 0 Å². The first-order valence-electron chi connectivity index (χ1n) is 5.93. The van der Waals surface area contributed by atoms with E-state index in [-0.39, 0.29) is 6.10 Å². The Kier molecular flexibility index (Phi) is 3.56. The predicted octanol–water partition coefficient (Wildman–Crippen LogP) is 3.85. The molecular weight excluding hydrogens is 252 g/mol. The molecule has 0 aromatic heterocycles. The highest BCUT2D eigenvalue weighted by molar-refractivity contribution is 6.73. The van der Waals surface area contributed by atoms with Gasteiger partial charge in [-0.05, 0) is 29.8 Å². The van der Waals surface area contributed by atoms with Gasteiger partial charge in [0.2, 0.25) is 0 Å². The van der Waals surface area contributed by atoms with Crippen LogP contribution in [0.15, 0.2) is 49.1 Å². The minimum atomic E-state index is -4.96. The summed E-state index contributed by atoms with van der Waals surface area (Å²) in [6.07, 6.45) is 1.51. The third kappa shape index (κ3) is 3.10. The Morgan fingerprint density at radius 2 is 1.74 bits per heavy atom. The van der Waals surface area contributed by atoms with E-state index in [4.69, 9.17) is 4.74 Å². The molecule has 0 heterocycles. The van der Waals surface area contributed by atoms with Crippen LogP contribution in [0.1, 0.15) is 6.92 Å². The van der Waals surface area contributed by atoms with Crippen LogP contribution in [0.25, 0.3) is 10.8 Å².